The average Bonchev–Trinajstić information content (AvgIpc) is 3.15. The number of rotatable bonds is 7. The van der Waals surface area contributed by atoms with E-state index in [0.29, 0.717) is 13.1 Å². The van der Waals surface area contributed by atoms with Gasteiger partial charge in [-0.1, -0.05) is 30.3 Å². The van der Waals surface area contributed by atoms with Gasteiger partial charge < -0.3 is 14.4 Å². The van der Waals surface area contributed by atoms with Gasteiger partial charge in [0, 0.05) is 19.7 Å². The molecule has 0 radical (unpaired) electrons. The van der Waals surface area contributed by atoms with Crippen LogP contribution in [0.4, 0.5) is 4.39 Å². The number of hydrogen-bond donors (Lipinski definition) is 0. The fraction of sp³-hybridized carbons (Fsp3) is 0.409. The molecule has 0 aromatic heterocycles. The van der Waals surface area contributed by atoms with Gasteiger partial charge in [0.2, 0.25) is 0 Å². The molecule has 0 aliphatic carbocycles. The third kappa shape index (κ3) is 5.30. The maximum atomic E-state index is 13.2. The summed E-state index contributed by atoms with van der Waals surface area (Å²) in [6.45, 7) is 5.58. The van der Waals surface area contributed by atoms with E-state index in [1.165, 1.54) is 12.1 Å². The predicted molar refractivity (Wildman–Crippen MR) is 102 cm³/mol. The van der Waals surface area contributed by atoms with Crippen molar-refractivity contribution in [2.45, 2.75) is 39.3 Å². The van der Waals surface area contributed by atoms with Gasteiger partial charge in [0.25, 0.3) is 5.91 Å². The number of halogens is 1. The van der Waals surface area contributed by atoms with Crippen molar-refractivity contribution in [1.82, 2.24) is 4.90 Å². The first-order valence-electron chi connectivity index (χ1n) is 9.36. The number of hydrogen-bond acceptors (Lipinski definition) is 3. The normalized spacial score (nSPS) is 16.3. The lowest BCUT2D eigenvalue weighted by atomic mass is 10.1. The van der Waals surface area contributed by atoms with E-state index in [2.05, 4.69) is 0 Å². The molecule has 0 N–H and O–H groups in total. The molecule has 3 rings (SSSR count). The van der Waals surface area contributed by atoms with Crippen LogP contribution in [0.5, 0.6) is 5.75 Å². The standard InChI is InChI=1S/C22H26FNO3/c1-16-5-3-6-17(2)22(16)27-15-21(25)24(14-20-7-4-12-26-20)13-18-8-10-19(23)11-9-18/h3,5-6,8-11,20H,4,7,12-15H2,1-2H3. The molecule has 0 spiro atoms. The van der Waals surface area contributed by atoms with Gasteiger partial charge >= 0.3 is 0 Å². The number of benzene rings is 2. The highest BCUT2D eigenvalue weighted by Gasteiger charge is 2.23. The molecule has 5 heteroatoms. The van der Waals surface area contributed by atoms with Crippen LogP contribution in [0.25, 0.3) is 0 Å². The molecule has 0 saturated carbocycles. The number of nitrogens with zero attached hydrogens (tertiary/aromatic N) is 1. The van der Waals surface area contributed by atoms with Crippen molar-refractivity contribution in [3.8, 4) is 5.75 Å². The molecule has 2 aromatic rings. The Kier molecular flexibility index (Phi) is 6.45. The van der Waals surface area contributed by atoms with Crippen molar-refractivity contribution < 1.29 is 18.7 Å². The first kappa shape index (κ1) is 19.4. The molecule has 1 fully saturated rings. The lowest BCUT2D eigenvalue weighted by Crippen LogP contribution is -2.39. The SMILES string of the molecule is Cc1cccc(C)c1OCC(=O)N(Cc1ccc(F)cc1)CC1CCCO1. The zero-order valence-corrected chi connectivity index (χ0v) is 15.9. The number of ether oxygens (including phenoxy) is 2. The average molecular weight is 371 g/mol. The van der Waals surface area contributed by atoms with Crippen molar-refractivity contribution in [2.24, 2.45) is 0 Å². The molecule has 1 aliphatic rings. The molecule has 27 heavy (non-hydrogen) atoms. The van der Waals surface area contributed by atoms with Crippen LogP contribution in [0.2, 0.25) is 0 Å². The second-order valence-corrected chi connectivity index (χ2v) is 7.05. The Bertz CT molecular complexity index is 749. The number of amides is 1. The maximum Gasteiger partial charge on any atom is 0.260 e. The summed E-state index contributed by atoms with van der Waals surface area (Å²) in [7, 11) is 0. The van der Waals surface area contributed by atoms with Crippen molar-refractivity contribution in [2.75, 3.05) is 19.8 Å². The second-order valence-electron chi connectivity index (χ2n) is 7.05. The van der Waals surface area contributed by atoms with Crippen LogP contribution in [0.15, 0.2) is 42.5 Å². The fourth-order valence-corrected chi connectivity index (χ4v) is 3.35. The minimum absolute atomic E-state index is 0.0282. The second kappa shape index (κ2) is 9.00. The third-order valence-corrected chi connectivity index (χ3v) is 4.84. The molecule has 2 aromatic carbocycles. The molecule has 1 aliphatic heterocycles. The van der Waals surface area contributed by atoms with Gasteiger partial charge in [-0.3, -0.25) is 4.79 Å². The van der Waals surface area contributed by atoms with Crippen LogP contribution in [0, 0.1) is 19.7 Å². The van der Waals surface area contributed by atoms with Gasteiger partial charge in [0.1, 0.15) is 11.6 Å². The highest BCUT2D eigenvalue weighted by molar-refractivity contribution is 5.78. The van der Waals surface area contributed by atoms with E-state index < -0.39 is 0 Å². The number of para-hydroxylation sites is 1. The molecular formula is C22H26FNO3. The summed E-state index contributed by atoms with van der Waals surface area (Å²) in [5, 5.41) is 0. The number of carbonyl (C=O) groups excluding carboxylic acids is 1. The largest absolute Gasteiger partial charge is 0.483 e. The van der Waals surface area contributed by atoms with Gasteiger partial charge in [-0.25, -0.2) is 4.39 Å². The summed E-state index contributed by atoms with van der Waals surface area (Å²) in [4.78, 5) is 14.6. The highest BCUT2D eigenvalue weighted by atomic mass is 19.1. The van der Waals surface area contributed by atoms with Crippen molar-refractivity contribution in [3.63, 3.8) is 0 Å². The maximum absolute atomic E-state index is 13.2. The molecule has 144 valence electrons. The van der Waals surface area contributed by atoms with E-state index in [9.17, 15) is 9.18 Å². The Morgan fingerprint density at radius 2 is 1.89 bits per heavy atom. The molecule has 1 atom stereocenters. The van der Waals surface area contributed by atoms with E-state index in [0.717, 1.165) is 41.9 Å². The van der Waals surface area contributed by atoms with Gasteiger partial charge in [-0.05, 0) is 55.5 Å². The van der Waals surface area contributed by atoms with E-state index in [1.807, 2.05) is 32.0 Å². The Labute approximate surface area is 159 Å². The zero-order chi connectivity index (χ0) is 19.2. The summed E-state index contributed by atoms with van der Waals surface area (Å²) in [6.07, 6.45) is 2.02. The minimum atomic E-state index is -0.283. The Hall–Kier alpha value is -2.40. The molecular weight excluding hydrogens is 345 g/mol. The van der Waals surface area contributed by atoms with Gasteiger partial charge in [0.05, 0.1) is 6.10 Å². The molecule has 4 nitrogen and oxygen atoms in total. The van der Waals surface area contributed by atoms with Crippen LogP contribution in [0.1, 0.15) is 29.5 Å². The lowest BCUT2D eigenvalue weighted by Gasteiger charge is -2.26. The Morgan fingerprint density at radius 3 is 2.52 bits per heavy atom. The van der Waals surface area contributed by atoms with Gasteiger partial charge in [-0.15, -0.1) is 0 Å². The summed E-state index contributed by atoms with van der Waals surface area (Å²) >= 11 is 0. The molecule has 0 bridgehead atoms. The smallest absolute Gasteiger partial charge is 0.260 e. The van der Waals surface area contributed by atoms with Crippen LogP contribution >= 0.6 is 0 Å². The van der Waals surface area contributed by atoms with Crippen molar-refractivity contribution in [1.29, 1.82) is 0 Å². The van der Waals surface area contributed by atoms with E-state index in [4.69, 9.17) is 9.47 Å². The van der Waals surface area contributed by atoms with E-state index in [1.54, 1.807) is 17.0 Å². The van der Waals surface area contributed by atoms with Gasteiger partial charge in [0.15, 0.2) is 6.61 Å². The van der Waals surface area contributed by atoms with Crippen LogP contribution in [0.3, 0.4) is 0 Å². The third-order valence-electron chi connectivity index (χ3n) is 4.84. The van der Waals surface area contributed by atoms with Crippen LogP contribution in [-0.2, 0) is 16.1 Å². The number of aryl methyl sites for hydroxylation is 2. The van der Waals surface area contributed by atoms with E-state index >= 15 is 0 Å². The molecule has 1 unspecified atom stereocenters. The predicted octanol–water partition coefficient (Wildman–Crippen LogP) is 4.03. The lowest BCUT2D eigenvalue weighted by molar-refractivity contribution is -0.135. The molecule has 1 amide bonds. The number of carbonyl (C=O) groups is 1. The fourth-order valence-electron chi connectivity index (χ4n) is 3.35. The van der Waals surface area contributed by atoms with Gasteiger partial charge in [-0.2, -0.15) is 0 Å². The first-order chi connectivity index (χ1) is 13.0. The van der Waals surface area contributed by atoms with Crippen molar-refractivity contribution in [3.05, 3.63) is 65.0 Å². The van der Waals surface area contributed by atoms with Crippen LogP contribution in [-0.4, -0.2) is 36.7 Å². The summed E-state index contributed by atoms with van der Waals surface area (Å²) in [5.74, 6) is 0.372. The molecule has 1 saturated heterocycles. The first-order valence-corrected chi connectivity index (χ1v) is 9.36. The summed E-state index contributed by atoms with van der Waals surface area (Å²) < 4.78 is 24.7. The Balaban J connectivity index is 1.68. The zero-order valence-electron chi connectivity index (χ0n) is 15.9. The summed E-state index contributed by atoms with van der Waals surface area (Å²) in [6, 6.07) is 12.1. The monoisotopic (exact) mass is 371 g/mol. The highest BCUT2D eigenvalue weighted by Crippen LogP contribution is 2.22. The van der Waals surface area contributed by atoms with Crippen LogP contribution < -0.4 is 4.74 Å². The minimum Gasteiger partial charge on any atom is -0.483 e. The topological polar surface area (TPSA) is 38.8 Å². The molecule has 1 heterocycles. The Morgan fingerprint density at radius 1 is 1.19 bits per heavy atom. The quantitative estimate of drug-likeness (QED) is 0.738. The van der Waals surface area contributed by atoms with E-state index in [-0.39, 0.29) is 24.4 Å². The summed E-state index contributed by atoms with van der Waals surface area (Å²) in [5.41, 5.74) is 2.90. The van der Waals surface area contributed by atoms with Crippen molar-refractivity contribution >= 4 is 5.91 Å².